The topological polar surface area (TPSA) is 85.9 Å². The minimum atomic E-state index is -0.730. The number of urea groups is 1. The van der Waals surface area contributed by atoms with E-state index in [4.69, 9.17) is 15.2 Å². The third-order valence-corrected chi connectivity index (χ3v) is 2.83. The Hall–Kier alpha value is -3.02. The number of methoxy groups -OCH3 is 1. The zero-order chi connectivity index (χ0) is 15.8. The summed E-state index contributed by atoms with van der Waals surface area (Å²) in [4.78, 5) is 10.6. The van der Waals surface area contributed by atoms with Crippen molar-refractivity contribution in [2.24, 2.45) is 10.8 Å². The van der Waals surface area contributed by atoms with Crippen LogP contribution in [0.1, 0.15) is 11.1 Å². The van der Waals surface area contributed by atoms with E-state index in [1.165, 1.54) is 6.21 Å². The van der Waals surface area contributed by atoms with Gasteiger partial charge >= 0.3 is 6.03 Å². The number of benzene rings is 2. The molecule has 0 atom stereocenters. The van der Waals surface area contributed by atoms with Crippen molar-refractivity contribution in [3.8, 4) is 11.5 Å². The highest BCUT2D eigenvalue weighted by molar-refractivity contribution is 5.85. The standard InChI is InChI=1S/C16H17N3O3/c1-21-15-8-7-14(9-13(15)10-18-19-16(17)20)22-11-12-5-3-2-4-6-12/h2-10H,11H2,1H3,(H3,17,19,20). The number of hydrogen-bond donors (Lipinski definition) is 2. The molecule has 0 fully saturated rings. The average Bonchev–Trinajstić information content (AvgIpc) is 2.54. The van der Waals surface area contributed by atoms with Crippen LogP contribution in [0.5, 0.6) is 11.5 Å². The van der Waals surface area contributed by atoms with Gasteiger partial charge in [-0.15, -0.1) is 0 Å². The van der Waals surface area contributed by atoms with Crippen LogP contribution in [0.2, 0.25) is 0 Å². The van der Waals surface area contributed by atoms with Gasteiger partial charge in [0.25, 0.3) is 0 Å². The normalized spacial score (nSPS) is 10.4. The quantitative estimate of drug-likeness (QED) is 0.633. The van der Waals surface area contributed by atoms with Gasteiger partial charge in [0.15, 0.2) is 0 Å². The highest BCUT2D eigenvalue weighted by atomic mass is 16.5. The third-order valence-electron chi connectivity index (χ3n) is 2.83. The van der Waals surface area contributed by atoms with Gasteiger partial charge in [-0.1, -0.05) is 30.3 Å². The zero-order valence-corrected chi connectivity index (χ0v) is 12.2. The molecule has 0 aromatic heterocycles. The lowest BCUT2D eigenvalue weighted by atomic mass is 10.2. The maximum Gasteiger partial charge on any atom is 0.332 e. The number of carbonyl (C=O) groups excluding carboxylic acids is 1. The number of amides is 2. The summed E-state index contributed by atoms with van der Waals surface area (Å²) < 4.78 is 11.0. The number of nitrogens with one attached hydrogen (secondary N) is 1. The molecule has 0 radical (unpaired) electrons. The first-order valence-corrected chi connectivity index (χ1v) is 6.62. The fourth-order valence-electron chi connectivity index (χ4n) is 1.81. The summed E-state index contributed by atoms with van der Waals surface area (Å²) in [7, 11) is 1.55. The SMILES string of the molecule is COc1ccc(OCc2ccccc2)cc1C=NNC(N)=O. The number of hydrazone groups is 1. The van der Waals surface area contributed by atoms with Gasteiger partial charge in [0.05, 0.1) is 13.3 Å². The van der Waals surface area contributed by atoms with Crippen LogP contribution < -0.4 is 20.6 Å². The molecule has 0 aliphatic rings. The predicted molar refractivity (Wildman–Crippen MR) is 84.1 cm³/mol. The molecule has 2 aromatic carbocycles. The number of carbonyl (C=O) groups is 1. The summed E-state index contributed by atoms with van der Waals surface area (Å²) in [6, 6.07) is 14.5. The second-order valence-electron chi connectivity index (χ2n) is 4.41. The highest BCUT2D eigenvalue weighted by Crippen LogP contribution is 2.23. The van der Waals surface area contributed by atoms with E-state index in [2.05, 4.69) is 10.5 Å². The van der Waals surface area contributed by atoms with Crippen molar-refractivity contribution in [1.29, 1.82) is 0 Å². The fourth-order valence-corrected chi connectivity index (χ4v) is 1.81. The van der Waals surface area contributed by atoms with Crippen molar-refractivity contribution in [1.82, 2.24) is 5.43 Å². The van der Waals surface area contributed by atoms with Crippen LogP contribution in [0.3, 0.4) is 0 Å². The molecular weight excluding hydrogens is 282 g/mol. The van der Waals surface area contributed by atoms with E-state index in [1.54, 1.807) is 25.3 Å². The summed E-state index contributed by atoms with van der Waals surface area (Å²) >= 11 is 0. The molecule has 3 N–H and O–H groups in total. The Balaban J connectivity index is 2.09. The minimum Gasteiger partial charge on any atom is -0.496 e. The highest BCUT2D eigenvalue weighted by Gasteiger charge is 2.04. The summed E-state index contributed by atoms with van der Waals surface area (Å²) in [6.45, 7) is 0.462. The first-order valence-electron chi connectivity index (χ1n) is 6.62. The zero-order valence-electron chi connectivity index (χ0n) is 12.2. The van der Waals surface area contributed by atoms with E-state index in [0.29, 0.717) is 23.7 Å². The second kappa shape index (κ2) is 7.68. The van der Waals surface area contributed by atoms with Gasteiger partial charge in [0, 0.05) is 5.56 Å². The number of ether oxygens (including phenoxy) is 2. The Kier molecular flexibility index (Phi) is 5.37. The van der Waals surface area contributed by atoms with E-state index in [-0.39, 0.29) is 0 Å². The lowest BCUT2D eigenvalue weighted by Gasteiger charge is -2.09. The molecule has 2 aromatic rings. The molecule has 0 saturated carbocycles. The van der Waals surface area contributed by atoms with Crippen LogP contribution in [-0.4, -0.2) is 19.4 Å². The molecular formula is C16H17N3O3. The lowest BCUT2D eigenvalue weighted by Crippen LogP contribution is -2.24. The van der Waals surface area contributed by atoms with Gasteiger partial charge < -0.3 is 15.2 Å². The molecule has 0 bridgehead atoms. The average molecular weight is 299 g/mol. The number of nitrogens with zero attached hydrogens (tertiary/aromatic N) is 1. The second-order valence-corrected chi connectivity index (χ2v) is 4.41. The van der Waals surface area contributed by atoms with Crippen molar-refractivity contribution >= 4 is 12.2 Å². The molecule has 0 saturated heterocycles. The largest absolute Gasteiger partial charge is 0.496 e. The van der Waals surface area contributed by atoms with Gasteiger partial charge in [-0.05, 0) is 23.8 Å². The van der Waals surface area contributed by atoms with Crippen LogP contribution >= 0.6 is 0 Å². The Morgan fingerprint density at radius 1 is 1.27 bits per heavy atom. The number of nitrogens with two attached hydrogens (primary N) is 1. The number of hydrogen-bond acceptors (Lipinski definition) is 4. The molecule has 2 amide bonds. The summed E-state index contributed by atoms with van der Waals surface area (Å²) in [5.74, 6) is 1.28. The van der Waals surface area contributed by atoms with Crippen molar-refractivity contribution in [2.75, 3.05) is 7.11 Å². The van der Waals surface area contributed by atoms with Gasteiger partial charge in [-0.2, -0.15) is 5.10 Å². The van der Waals surface area contributed by atoms with Gasteiger partial charge in [0.1, 0.15) is 18.1 Å². The van der Waals surface area contributed by atoms with Crippen LogP contribution in [0.25, 0.3) is 0 Å². The Morgan fingerprint density at radius 2 is 2.05 bits per heavy atom. The molecule has 114 valence electrons. The van der Waals surface area contributed by atoms with Crippen LogP contribution in [-0.2, 0) is 6.61 Å². The van der Waals surface area contributed by atoms with Gasteiger partial charge in [-0.25, -0.2) is 10.2 Å². The van der Waals surface area contributed by atoms with Crippen molar-refractivity contribution < 1.29 is 14.3 Å². The molecule has 0 spiro atoms. The third kappa shape index (κ3) is 4.52. The summed E-state index contributed by atoms with van der Waals surface area (Å²) in [5.41, 5.74) is 8.83. The smallest absolute Gasteiger partial charge is 0.332 e. The molecule has 0 aliphatic carbocycles. The number of primary amides is 1. The Morgan fingerprint density at radius 3 is 2.73 bits per heavy atom. The van der Waals surface area contributed by atoms with E-state index in [0.717, 1.165) is 5.56 Å². The predicted octanol–water partition coefficient (Wildman–Crippen LogP) is 2.28. The number of rotatable bonds is 6. The van der Waals surface area contributed by atoms with Gasteiger partial charge in [-0.3, -0.25) is 0 Å². The first kappa shape index (κ1) is 15.4. The molecule has 6 heteroatoms. The minimum absolute atomic E-state index is 0.462. The fraction of sp³-hybridized carbons (Fsp3) is 0.125. The molecule has 22 heavy (non-hydrogen) atoms. The van der Waals surface area contributed by atoms with Crippen LogP contribution in [0.4, 0.5) is 4.79 Å². The monoisotopic (exact) mass is 299 g/mol. The lowest BCUT2D eigenvalue weighted by molar-refractivity contribution is 0.249. The van der Waals surface area contributed by atoms with Crippen LogP contribution in [0.15, 0.2) is 53.6 Å². The van der Waals surface area contributed by atoms with Crippen molar-refractivity contribution in [3.63, 3.8) is 0 Å². The summed E-state index contributed by atoms with van der Waals surface area (Å²) in [5, 5.41) is 3.72. The molecule has 0 heterocycles. The van der Waals surface area contributed by atoms with Crippen molar-refractivity contribution in [3.05, 3.63) is 59.7 Å². The summed E-state index contributed by atoms with van der Waals surface area (Å²) in [6.07, 6.45) is 1.44. The Labute approximate surface area is 128 Å². The van der Waals surface area contributed by atoms with Gasteiger partial charge in [0.2, 0.25) is 0 Å². The molecule has 0 unspecified atom stereocenters. The maximum atomic E-state index is 10.6. The maximum absolute atomic E-state index is 10.6. The van der Waals surface area contributed by atoms with E-state index in [9.17, 15) is 4.79 Å². The van der Waals surface area contributed by atoms with E-state index < -0.39 is 6.03 Å². The first-order chi connectivity index (χ1) is 10.7. The van der Waals surface area contributed by atoms with E-state index in [1.807, 2.05) is 30.3 Å². The van der Waals surface area contributed by atoms with Crippen LogP contribution in [0, 0.1) is 0 Å². The van der Waals surface area contributed by atoms with Crippen molar-refractivity contribution in [2.45, 2.75) is 6.61 Å². The molecule has 0 aliphatic heterocycles. The Bertz CT molecular complexity index is 657. The molecule has 6 nitrogen and oxygen atoms in total. The van der Waals surface area contributed by atoms with E-state index >= 15 is 0 Å². The molecule has 2 rings (SSSR count).